The number of carbonyl (C=O) groups is 1. The topological polar surface area (TPSA) is 127 Å². The van der Waals surface area contributed by atoms with Crippen LogP contribution in [0.5, 0.6) is 5.75 Å². The third-order valence-corrected chi connectivity index (χ3v) is 6.00. The average Bonchev–Trinajstić information content (AvgIpc) is 3.45. The highest BCUT2D eigenvalue weighted by Crippen LogP contribution is 2.34. The number of hydrogen-bond acceptors (Lipinski definition) is 7. The number of nitrogens with one attached hydrogen (secondary N) is 1. The van der Waals surface area contributed by atoms with Gasteiger partial charge in [0.05, 0.1) is 11.9 Å². The fraction of sp³-hybridized carbons (Fsp3) is 0.261. The second kappa shape index (κ2) is 8.85. The second-order valence-electron chi connectivity index (χ2n) is 8.24. The lowest BCUT2D eigenvalue weighted by Gasteiger charge is -2.23. The molecule has 12 heteroatoms. The first kappa shape index (κ1) is 22.6. The number of halogens is 3. The number of aromatic nitrogens is 5. The molecule has 9 nitrogen and oxygen atoms in total. The minimum absolute atomic E-state index is 0.0142. The summed E-state index contributed by atoms with van der Waals surface area (Å²) in [5.74, 6) is -4.03. The number of carbonyl (C=O) groups excluding carboxylic acids is 1. The molecule has 0 fully saturated rings. The van der Waals surface area contributed by atoms with Crippen molar-refractivity contribution in [3.63, 3.8) is 0 Å². The third kappa shape index (κ3) is 4.34. The van der Waals surface area contributed by atoms with Crippen LogP contribution in [0.1, 0.15) is 46.3 Å². The standard InChI is InChI=1S/C23H18F3N5O4/c24-12-8-15(21(26)16(25)9-12)11-1-3-14-18(7-11)31(29-23(14)34)20(33)6-5-19-28-22(30-35-19)17-4-2-13(32)10-27-17/h2,4,8-11,32H,1,3,5-7H2,(H,29,34). The average molecular weight is 485 g/mol. The van der Waals surface area contributed by atoms with Crippen LogP contribution < -0.4 is 5.56 Å². The van der Waals surface area contributed by atoms with Crippen LogP contribution in [0.15, 0.2) is 39.8 Å². The lowest BCUT2D eigenvalue weighted by atomic mass is 9.82. The molecule has 1 aliphatic carbocycles. The van der Waals surface area contributed by atoms with Gasteiger partial charge in [0.25, 0.3) is 5.56 Å². The molecule has 35 heavy (non-hydrogen) atoms. The summed E-state index contributed by atoms with van der Waals surface area (Å²) in [4.78, 5) is 33.4. The Morgan fingerprint density at radius 1 is 1.26 bits per heavy atom. The van der Waals surface area contributed by atoms with Gasteiger partial charge < -0.3 is 9.63 Å². The molecule has 4 aromatic rings. The molecule has 3 aromatic heterocycles. The maximum Gasteiger partial charge on any atom is 0.267 e. The zero-order chi connectivity index (χ0) is 24.7. The van der Waals surface area contributed by atoms with Gasteiger partial charge in [0.15, 0.2) is 11.6 Å². The molecule has 1 atom stereocenters. The van der Waals surface area contributed by atoms with E-state index in [0.717, 1.165) is 10.7 Å². The van der Waals surface area contributed by atoms with Crippen molar-refractivity contribution in [1.29, 1.82) is 0 Å². The van der Waals surface area contributed by atoms with Crippen molar-refractivity contribution in [3.05, 3.63) is 81.0 Å². The maximum absolute atomic E-state index is 14.3. The largest absolute Gasteiger partial charge is 0.506 e. The van der Waals surface area contributed by atoms with Gasteiger partial charge in [-0.05, 0) is 48.9 Å². The van der Waals surface area contributed by atoms with Gasteiger partial charge in [-0.15, -0.1) is 0 Å². The zero-order valence-electron chi connectivity index (χ0n) is 18.1. The Morgan fingerprint density at radius 2 is 2.09 bits per heavy atom. The third-order valence-electron chi connectivity index (χ3n) is 6.00. The predicted molar refractivity (Wildman–Crippen MR) is 114 cm³/mol. The molecule has 0 saturated carbocycles. The highest BCUT2D eigenvalue weighted by molar-refractivity contribution is 5.79. The van der Waals surface area contributed by atoms with E-state index < -0.39 is 34.8 Å². The van der Waals surface area contributed by atoms with Gasteiger partial charge in [0.1, 0.15) is 17.3 Å². The van der Waals surface area contributed by atoms with Crippen molar-refractivity contribution in [2.45, 2.75) is 38.0 Å². The second-order valence-corrected chi connectivity index (χ2v) is 8.24. The molecule has 2 N–H and O–H groups in total. The van der Waals surface area contributed by atoms with E-state index in [1.165, 1.54) is 18.3 Å². The molecule has 0 spiro atoms. The van der Waals surface area contributed by atoms with Crippen LogP contribution in [0.4, 0.5) is 13.2 Å². The minimum atomic E-state index is -1.28. The summed E-state index contributed by atoms with van der Waals surface area (Å²) in [5, 5.41) is 15.6. The van der Waals surface area contributed by atoms with Crippen LogP contribution in [-0.2, 0) is 19.3 Å². The van der Waals surface area contributed by atoms with Crippen LogP contribution >= 0.6 is 0 Å². The first-order chi connectivity index (χ1) is 16.8. The van der Waals surface area contributed by atoms with E-state index in [0.29, 0.717) is 29.4 Å². The highest BCUT2D eigenvalue weighted by Gasteiger charge is 2.30. The fourth-order valence-electron chi connectivity index (χ4n) is 4.28. The number of aryl methyl sites for hydroxylation is 1. The summed E-state index contributed by atoms with van der Waals surface area (Å²) in [6, 6.07) is 4.35. The Kier molecular flexibility index (Phi) is 5.71. The summed E-state index contributed by atoms with van der Waals surface area (Å²) >= 11 is 0. The Balaban J connectivity index is 1.33. The molecule has 0 amide bonds. The van der Waals surface area contributed by atoms with Crippen LogP contribution in [0.3, 0.4) is 0 Å². The smallest absolute Gasteiger partial charge is 0.267 e. The van der Waals surface area contributed by atoms with E-state index in [1.807, 2.05) is 0 Å². The van der Waals surface area contributed by atoms with Crippen molar-refractivity contribution in [1.82, 2.24) is 24.9 Å². The molecule has 5 rings (SSSR count). The molecule has 180 valence electrons. The molecule has 0 bridgehead atoms. The first-order valence-electron chi connectivity index (χ1n) is 10.8. The van der Waals surface area contributed by atoms with Crippen LogP contribution in [0, 0.1) is 17.5 Å². The van der Waals surface area contributed by atoms with Crippen LogP contribution in [0.2, 0.25) is 0 Å². The molecular weight excluding hydrogens is 467 g/mol. The van der Waals surface area contributed by atoms with Crippen molar-refractivity contribution in [2.75, 3.05) is 0 Å². The molecule has 1 aromatic carbocycles. The number of H-pyrrole nitrogens is 1. The molecule has 1 unspecified atom stereocenters. The number of benzene rings is 1. The number of pyridine rings is 1. The number of aromatic amines is 1. The molecular formula is C23H18F3N5O4. The van der Waals surface area contributed by atoms with E-state index in [2.05, 4.69) is 20.2 Å². The number of aromatic hydroxyl groups is 1. The van der Waals surface area contributed by atoms with Gasteiger partial charge in [-0.2, -0.15) is 4.98 Å². The van der Waals surface area contributed by atoms with Gasteiger partial charge in [-0.1, -0.05) is 5.16 Å². The number of hydrogen-bond donors (Lipinski definition) is 2. The van der Waals surface area contributed by atoms with E-state index in [4.69, 9.17) is 4.52 Å². The number of fused-ring (bicyclic) bond motifs is 1. The van der Waals surface area contributed by atoms with E-state index in [1.54, 1.807) is 0 Å². The van der Waals surface area contributed by atoms with Crippen LogP contribution in [-0.4, -0.2) is 35.9 Å². The van der Waals surface area contributed by atoms with E-state index in [9.17, 15) is 27.9 Å². The Morgan fingerprint density at radius 3 is 2.86 bits per heavy atom. The van der Waals surface area contributed by atoms with Gasteiger partial charge in [0, 0.05) is 24.5 Å². The van der Waals surface area contributed by atoms with Gasteiger partial charge in [-0.3, -0.25) is 14.7 Å². The summed E-state index contributed by atoms with van der Waals surface area (Å²) < 4.78 is 48.0. The maximum atomic E-state index is 14.3. The summed E-state index contributed by atoms with van der Waals surface area (Å²) in [7, 11) is 0. The first-order valence-corrected chi connectivity index (χ1v) is 10.8. The predicted octanol–water partition coefficient (Wildman–Crippen LogP) is 3.29. The van der Waals surface area contributed by atoms with Crippen molar-refractivity contribution in [2.24, 2.45) is 0 Å². The Labute approximate surface area is 195 Å². The van der Waals surface area contributed by atoms with Gasteiger partial charge in [0.2, 0.25) is 17.6 Å². The Bertz CT molecular complexity index is 1480. The van der Waals surface area contributed by atoms with Gasteiger partial charge >= 0.3 is 0 Å². The van der Waals surface area contributed by atoms with Crippen molar-refractivity contribution >= 4 is 5.91 Å². The number of rotatable bonds is 5. The molecule has 0 radical (unpaired) electrons. The summed E-state index contributed by atoms with van der Waals surface area (Å²) in [5.41, 5.74) is 0.573. The number of nitrogens with zero attached hydrogens (tertiary/aromatic N) is 4. The summed E-state index contributed by atoms with van der Waals surface area (Å²) in [6.45, 7) is 0. The molecule has 3 heterocycles. The van der Waals surface area contributed by atoms with Gasteiger partial charge in [-0.25, -0.2) is 22.8 Å². The van der Waals surface area contributed by atoms with E-state index >= 15 is 0 Å². The lowest BCUT2D eigenvalue weighted by Crippen LogP contribution is -2.22. The van der Waals surface area contributed by atoms with Crippen LogP contribution in [0.25, 0.3) is 11.5 Å². The monoisotopic (exact) mass is 485 g/mol. The highest BCUT2D eigenvalue weighted by atomic mass is 19.2. The lowest BCUT2D eigenvalue weighted by molar-refractivity contribution is 0.0878. The molecule has 0 saturated heterocycles. The fourth-order valence-corrected chi connectivity index (χ4v) is 4.28. The van der Waals surface area contributed by atoms with E-state index in [-0.39, 0.29) is 48.7 Å². The summed E-state index contributed by atoms with van der Waals surface area (Å²) in [6.07, 6.45) is 1.83. The molecule has 0 aliphatic heterocycles. The normalized spacial score (nSPS) is 15.2. The Hall–Kier alpha value is -4.22. The molecule has 1 aliphatic rings. The zero-order valence-corrected chi connectivity index (χ0v) is 18.1. The quantitative estimate of drug-likeness (QED) is 0.415. The van der Waals surface area contributed by atoms with Crippen molar-refractivity contribution in [3.8, 4) is 17.3 Å². The van der Waals surface area contributed by atoms with Crippen molar-refractivity contribution < 1.29 is 27.6 Å². The minimum Gasteiger partial charge on any atom is -0.506 e. The SMILES string of the molecule is O=C(CCc1nc(-c2ccc(O)cn2)no1)n1[nH]c(=O)c2c1CC(c1cc(F)cc(F)c1F)CC2.